The molecule has 0 spiro atoms. The fourth-order valence-corrected chi connectivity index (χ4v) is 7.79. The molecule has 1 saturated heterocycles. The molecule has 50 heavy (non-hydrogen) atoms. The number of piperidine rings is 1. The van der Waals surface area contributed by atoms with Crippen LogP contribution in [0.5, 0.6) is 5.75 Å². The van der Waals surface area contributed by atoms with E-state index in [-0.39, 0.29) is 84.1 Å². The SMILES string of the molecule is CC[C@H](C)C(CC(=O)[C@H]1CCCCN1C)C(=O)N(CC(C)C)[C@H](CCc1nc(C(=O)N[C@H](CCC(=O)O)Cc2ccc(O)cc2)cs1)C(C)C. The maximum absolute atomic E-state index is 14.5. The summed E-state index contributed by atoms with van der Waals surface area (Å²) in [5.41, 5.74) is 1.16. The maximum atomic E-state index is 14.5. The number of thiazole rings is 1. The molecular formula is C39H60N4O6S. The van der Waals surface area contributed by atoms with Gasteiger partial charge in [0.15, 0.2) is 5.78 Å². The third-order valence-electron chi connectivity index (χ3n) is 10.1. The van der Waals surface area contributed by atoms with Gasteiger partial charge in [-0.25, -0.2) is 4.98 Å². The lowest BCUT2D eigenvalue weighted by atomic mass is 9.82. The number of carbonyl (C=O) groups excluding carboxylic acids is 3. The van der Waals surface area contributed by atoms with Gasteiger partial charge in [0.05, 0.1) is 11.0 Å². The number of aliphatic carboxylic acids is 1. The molecule has 1 aliphatic rings. The van der Waals surface area contributed by atoms with E-state index in [0.29, 0.717) is 25.8 Å². The van der Waals surface area contributed by atoms with E-state index in [1.165, 1.54) is 11.3 Å². The standard InChI is InChI=1S/C39H60N4O6S/c1-8-27(6)31(22-35(45)34-11-9-10-20-42(34)7)39(49)43(23-25(2)3)33(26(4)5)17-18-36-41-32(24-50-36)38(48)40-29(14-19-37(46)47)21-28-12-15-30(44)16-13-28/h12-13,15-16,24-27,29,31,33-34,44H,8-11,14,17-23H2,1-7H3,(H,40,48)(H,46,47)/t27-,29+,31?,33+,34+/m0/s1. The molecule has 0 bridgehead atoms. The summed E-state index contributed by atoms with van der Waals surface area (Å²) in [6.07, 6.45) is 5.97. The van der Waals surface area contributed by atoms with E-state index in [1.54, 1.807) is 29.6 Å². The summed E-state index contributed by atoms with van der Waals surface area (Å²) in [6.45, 7) is 14.2. The average Bonchev–Trinajstić information content (AvgIpc) is 3.55. The Morgan fingerprint density at radius 2 is 1.76 bits per heavy atom. The zero-order valence-corrected chi connectivity index (χ0v) is 32.0. The molecule has 0 saturated carbocycles. The number of nitrogens with zero attached hydrogens (tertiary/aromatic N) is 3. The van der Waals surface area contributed by atoms with Crippen molar-refractivity contribution < 1.29 is 29.4 Å². The largest absolute Gasteiger partial charge is 0.508 e. The van der Waals surface area contributed by atoms with Gasteiger partial charge in [-0.2, -0.15) is 0 Å². The topological polar surface area (TPSA) is 140 Å². The summed E-state index contributed by atoms with van der Waals surface area (Å²) in [4.78, 5) is 61.6. The molecule has 0 aliphatic carbocycles. The molecular weight excluding hydrogens is 653 g/mol. The molecule has 5 atom stereocenters. The highest BCUT2D eigenvalue weighted by molar-refractivity contribution is 7.09. The Morgan fingerprint density at radius 1 is 1.06 bits per heavy atom. The number of carbonyl (C=O) groups is 4. The molecule has 1 unspecified atom stereocenters. The number of hydrogen-bond donors (Lipinski definition) is 3. The predicted octanol–water partition coefficient (Wildman–Crippen LogP) is 6.60. The van der Waals surface area contributed by atoms with Crippen molar-refractivity contribution in [1.82, 2.24) is 20.1 Å². The number of Topliss-reactive ketones (excluding diaryl/α,β-unsaturated/α-hetero) is 1. The highest BCUT2D eigenvalue weighted by Crippen LogP contribution is 2.30. The van der Waals surface area contributed by atoms with Gasteiger partial charge >= 0.3 is 5.97 Å². The van der Waals surface area contributed by atoms with Gasteiger partial charge < -0.3 is 20.4 Å². The zero-order valence-electron chi connectivity index (χ0n) is 31.2. The second-order valence-corrected chi connectivity index (χ2v) is 15.9. The molecule has 278 valence electrons. The summed E-state index contributed by atoms with van der Waals surface area (Å²) >= 11 is 1.41. The second kappa shape index (κ2) is 19.9. The van der Waals surface area contributed by atoms with Crippen LogP contribution in [0.15, 0.2) is 29.6 Å². The summed E-state index contributed by atoms with van der Waals surface area (Å²) in [7, 11) is 2.02. The predicted molar refractivity (Wildman–Crippen MR) is 198 cm³/mol. The number of rotatable bonds is 20. The van der Waals surface area contributed by atoms with E-state index in [1.807, 2.05) is 11.9 Å². The van der Waals surface area contributed by atoms with Crippen molar-refractivity contribution in [2.24, 2.45) is 23.7 Å². The average molecular weight is 713 g/mol. The minimum atomic E-state index is -0.936. The molecule has 10 nitrogen and oxygen atoms in total. The summed E-state index contributed by atoms with van der Waals surface area (Å²) in [5.74, 6) is -0.768. The van der Waals surface area contributed by atoms with Crippen molar-refractivity contribution in [3.63, 3.8) is 0 Å². The van der Waals surface area contributed by atoms with Crippen LogP contribution in [0, 0.1) is 23.7 Å². The number of aromatic nitrogens is 1. The van der Waals surface area contributed by atoms with Crippen LogP contribution in [-0.4, -0.2) is 86.8 Å². The van der Waals surface area contributed by atoms with Gasteiger partial charge in [-0.1, -0.05) is 66.5 Å². The fraction of sp³-hybridized carbons (Fsp3) is 0.667. The lowest BCUT2D eigenvalue weighted by Gasteiger charge is -2.40. The van der Waals surface area contributed by atoms with Crippen LogP contribution in [0.4, 0.5) is 0 Å². The van der Waals surface area contributed by atoms with Gasteiger partial charge in [0.25, 0.3) is 5.91 Å². The molecule has 1 aromatic carbocycles. The lowest BCUT2D eigenvalue weighted by Crippen LogP contribution is -2.50. The van der Waals surface area contributed by atoms with Crippen molar-refractivity contribution in [2.75, 3.05) is 20.1 Å². The first-order valence-corrected chi connectivity index (χ1v) is 19.4. The number of likely N-dealkylation sites (N-methyl/N-ethyl adjacent to an activating group) is 1. The van der Waals surface area contributed by atoms with Gasteiger partial charge in [-0.05, 0) is 81.1 Å². The quantitative estimate of drug-likeness (QED) is 0.140. The van der Waals surface area contributed by atoms with E-state index in [9.17, 15) is 29.4 Å². The van der Waals surface area contributed by atoms with Crippen LogP contribution in [0.25, 0.3) is 0 Å². The molecule has 1 fully saturated rings. The van der Waals surface area contributed by atoms with Gasteiger partial charge in [-0.3, -0.25) is 24.1 Å². The van der Waals surface area contributed by atoms with Gasteiger partial charge in [0.2, 0.25) is 5.91 Å². The number of aryl methyl sites for hydroxylation is 1. The highest BCUT2D eigenvalue weighted by atomic mass is 32.1. The summed E-state index contributed by atoms with van der Waals surface area (Å²) in [5, 5.41) is 24.4. The number of phenolic OH excluding ortho intramolecular Hbond substituents is 1. The summed E-state index contributed by atoms with van der Waals surface area (Å²) in [6, 6.07) is 6.06. The number of carboxylic acids is 1. The Labute approximate surface area is 303 Å². The Bertz CT molecular complexity index is 1390. The molecule has 11 heteroatoms. The molecule has 3 rings (SSSR count). The van der Waals surface area contributed by atoms with Gasteiger partial charge in [-0.15, -0.1) is 11.3 Å². The maximum Gasteiger partial charge on any atom is 0.303 e. The van der Waals surface area contributed by atoms with E-state index in [0.717, 1.165) is 42.8 Å². The van der Waals surface area contributed by atoms with Crippen LogP contribution in [0.3, 0.4) is 0 Å². The van der Waals surface area contributed by atoms with Gasteiger partial charge in [0.1, 0.15) is 11.4 Å². The lowest BCUT2D eigenvalue weighted by molar-refractivity contribution is -0.144. The molecule has 2 aromatic rings. The normalized spacial score (nSPS) is 17.7. The molecule has 3 N–H and O–H groups in total. The molecule has 1 aliphatic heterocycles. The van der Waals surface area contributed by atoms with E-state index in [2.05, 4.69) is 56.7 Å². The Balaban J connectivity index is 1.74. The minimum absolute atomic E-state index is 0.0594. The van der Waals surface area contributed by atoms with Crippen LogP contribution < -0.4 is 5.32 Å². The minimum Gasteiger partial charge on any atom is -0.508 e. The van der Waals surface area contributed by atoms with Crippen molar-refractivity contribution in [3.05, 3.63) is 45.9 Å². The van der Waals surface area contributed by atoms with Crippen LogP contribution >= 0.6 is 11.3 Å². The smallest absolute Gasteiger partial charge is 0.303 e. The van der Waals surface area contributed by atoms with Crippen molar-refractivity contribution in [1.29, 1.82) is 0 Å². The van der Waals surface area contributed by atoms with Crippen LogP contribution in [0.1, 0.15) is 114 Å². The third-order valence-corrected chi connectivity index (χ3v) is 11.0. The molecule has 2 heterocycles. The molecule has 1 aromatic heterocycles. The van der Waals surface area contributed by atoms with E-state index >= 15 is 0 Å². The number of nitrogens with one attached hydrogen (secondary N) is 1. The zero-order chi connectivity index (χ0) is 37.0. The van der Waals surface area contributed by atoms with Crippen molar-refractivity contribution in [3.8, 4) is 5.75 Å². The van der Waals surface area contributed by atoms with Crippen molar-refractivity contribution in [2.45, 2.75) is 124 Å². The first-order chi connectivity index (χ1) is 23.7. The number of benzene rings is 1. The molecule has 2 amide bonds. The van der Waals surface area contributed by atoms with Gasteiger partial charge in [0, 0.05) is 49.2 Å². The van der Waals surface area contributed by atoms with Crippen molar-refractivity contribution >= 4 is 34.9 Å². The monoisotopic (exact) mass is 712 g/mol. The number of carboxylic acid groups (broad SMARTS) is 1. The number of likely N-dealkylation sites (tertiary alicyclic amines) is 1. The molecule has 0 radical (unpaired) electrons. The highest BCUT2D eigenvalue weighted by Gasteiger charge is 2.37. The third kappa shape index (κ3) is 12.5. The number of hydrogen-bond acceptors (Lipinski definition) is 8. The number of ketones is 1. The first-order valence-electron chi connectivity index (χ1n) is 18.5. The Morgan fingerprint density at radius 3 is 2.36 bits per heavy atom. The van der Waals surface area contributed by atoms with E-state index < -0.39 is 12.0 Å². The first kappa shape index (κ1) is 41.1. The Kier molecular flexibility index (Phi) is 16.4. The second-order valence-electron chi connectivity index (χ2n) is 15.0. The number of aromatic hydroxyl groups is 1. The fourth-order valence-electron chi connectivity index (χ4n) is 7.00. The van der Waals surface area contributed by atoms with Crippen LogP contribution in [0.2, 0.25) is 0 Å². The van der Waals surface area contributed by atoms with Crippen LogP contribution in [-0.2, 0) is 27.2 Å². The summed E-state index contributed by atoms with van der Waals surface area (Å²) < 4.78 is 0. The number of phenols is 1. The number of amides is 2. The Hall–Kier alpha value is -3.31. The van der Waals surface area contributed by atoms with E-state index in [4.69, 9.17) is 0 Å².